The lowest BCUT2D eigenvalue weighted by Crippen LogP contribution is -2.49. The molecule has 2 aromatic rings. The first kappa shape index (κ1) is 32.4. The summed E-state index contributed by atoms with van der Waals surface area (Å²) in [7, 11) is -0.659. The van der Waals surface area contributed by atoms with Crippen LogP contribution in [0, 0.1) is 11.8 Å². The second kappa shape index (κ2) is 13.3. The standard InChI is InChI=1S/C35H45ClN2O6S/c1-23(42-2)17-28-8-4-5-9-32(43-3)29-13-10-26(29)20-38-21-35(16-6-7-24-18-27(36)12-14-30(24)35)22-44-33-15-11-25(19-31(33)38)34(39)37-45(28,40)41/h5,9,11-12,14-15,18-19,23,26,28-29,32H,4,6-8,10,13,16-17,20-22H2,1-3H3,(H,37,39)/b9-5-/t23-,26-,28+,29+,32-,35-/m0/s1. The third kappa shape index (κ3) is 6.64. The van der Waals surface area contributed by atoms with Gasteiger partial charge >= 0.3 is 0 Å². The number of amides is 1. The molecule has 2 aliphatic carbocycles. The van der Waals surface area contributed by atoms with Crippen LogP contribution in [0.2, 0.25) is 5.02 Å². The molecule has 6 rings (SSSR count). The van der Waals surface area contributed by atoms with Crippen LogP contribution in [-0.4, -0.2) is 65.7 Å². The Hall–Kier alpha value is -2.59. The Bertz CT molecular complexity index is 1550. The molecule has 8 nitrogen and oxygen atoms in total. The van der Waals surface area contributed by atoms with E-state index < -0.39 is 21.2 Å². The zero-order chi connectivity index (χ0) is 31.8. The van der Waals surface area contributed by atoms with Crippen LogP contribution in [0.15, 0.2) is 48.6 Å². The summed E-state index contributed by atoms with van der Waals surface area (Å²) >= 11 is 6.42. The molecule has 1 fully saturated rings. The highest BCUT2D eigenvalue weighted by atomic mass is 35.5. The first-order valence-electron chi connectivity index (χ1n) is 16.2. The maximum atomic E-state index is 13.6. The minimum atomic E-state index is -3.98. The fraction of sp³-hybridized carbons (Fsp3) is 0.571. The number of aryl methyl sites for hydroxylation is 1. The van der Waals surface area contributed by atoms with Crippen LogP contribution in [-0.2, 0) is 31.3 Å². The van der Waals surface area contributed by atoms with Gasteiger partial charge in [0, 0.05) is 43.3 Å². The Morgan fingerprint density at radius 2 is 2.00 bits per heavy atom. The first-order valence-corrected chi connectivity index (χ1v) is 18.1. The molecule has 2 bridgehead atoms. The van der Waals surface area contributed by atoms with Crippen molar-refractivity contribution in [2.75, 3.05) is 38.8 Å². The van der Waals surface area contributed by atoms with E-state index in [0.717, 1.165) is 55.9 Å². The highest BCUT2D eigenvalue weighted by Crippen LogP contribution is 2.47. The van der Waals surface area contributed by atoms with E-state index in [-0.39, 0.29) is 24.0 Å². The smallest absolute Gasteiger partial charge is 0.264 e. The largest absolute Gasteiger partial charge is 0.490 e. The van der Waals surface area contributed by atoms with Crippen molar-refractivity contribution in [1.82, 2.24) is 4.72 Å². The zero-order valence-corrected chi connectivity index (χ0v) is 28.0. The molecule has 0 aromatic heterocycles. The van der Waals surface area contributed by atoms with E-state index in [0.29, 0.717) is 42.6 Å². The quantitative estimate of drug-likeness (QED) is 0.400. The number of ether oxygens (including phenoxy) is 3. The third-order valence-electron chi connectivity index (χ3n) is 10.6. The SMILES string of the molecule is CO[C@H]1/C=C\CC[C@H](C[C@H](C)OC)S(=O)(=O)NC(=O)c2ccc3c(c2)N(C[C@@H]2CC[C@H]21)C[C@@]1(CCCc2cc(Cl)ccc21)CO3. The molecule has 1 amide bonds. The van der Waals surface area contributed by atoms with E-state index in [2.05, 4.69) is 27.8 Å². The van der Waals surface area contributed by atoms with Gasteiger partial charge in [0.05, 0.1) is 29.8 Å². The number of anilines is 1. The minimum absolute atomic E-state index is 0.0511. The summed E-state index contributed by atoms with van der Waals surface area (Å²) in [5.41, 5.74) is 3.43. The van der Waals surface area contributed by atoms with Crippen LogP contribution in [0.1, 0.15) is 73.4 Å². The van der Waals surface area contributed by atoms with E-state index in [9.17, 15) is 13.2 Å². The highest BCUT2D eigenvalue weighted by Gasteiger charge is 2.44. The van der Waals surface area contributed by atoms with Crippen LogP contribution in [0.5, 0.6) is 5.75 Å². The van der Waals surface area contributed by atoms with E-state index >= 15 is 0 Å². The van der Waals surface area contributed by atoms with E-state index in [1.807, 2.05) is 31.2 Å². The van der Waals surface area contributed by atoms with Crippen LogP contribution in [0.3, 0.4) is 0 Å². The fourth-order valence-electron chi connectivity index (χ4n) is 7.84. The summed E-state index contributed by atoms with van der Waals surface area (Å²) in [5, 5.41) is -0.0408. The van der Waals surface area contributed by atoms with Crippen molar-refractivity contribution >= 4 is 33.2 Å². The lowest BCUT2D eigenvalue weighted by molar-refractivity contribution is 0.0131. The Balaban J connectivity index is 1.41. The number of halogens is 1. The Labute approximate surface area is 272 Å². The van der Waals surface area contributed by atoms with Crippen LogP contribution >= 0.6 is 11.6 Å². The normalized spacial score (nSPS) is 30.9. The molecule has 0 saturated heterocycles. The molecular weight excluding hydrogens is 612 g/mol. The number of rotatable bonds is 4. The number of fused-ring (bicyclic) bond motifs is 4. The molecule has 6 atom stereocenters. The number of sulfonamides is 1. The Morgan fingerprint density at radius 3 is 2.76 bits per heavy atom. The van der Waals surface area contributed by atoms with Gasteiger partial charge in [-0.2, -0.15) is 0 Å². The molecule has 244 valence electrons. The molecule has 2 aromatic carbocycles. The number of benzene rings is 2. The molecule has 1 spiro atoms. The lowest BCUT2D eigenvalue weighted by atomic mass is 9.68. The highest BCUT2D eigenvalue weighted by molar-refractivity contribution is 7.90. The fourth-order valence-corrected chi connectivity index (χ4v) is 9.55. The molecule has 0 radical (unpaired) electrons. The molecule has 1 N–H and O–H groups in total. The van der Waals surface area contributed by atoms with Gasteiger partial charge in [0.25, 0.3) is 5.91 Å². The van der Waals surface area contributed by atoms with Crippen molar-refractivity contribution in [3.05, 3.63) is 70.3 Å². The minimum Gasteiger partial charge on any atom is -0.490 e. The van der Waals surface area contributed by atoms with Crippen molar-refractivity contribution in [2.45, 2.75) is 81.2 Å². The van der Waals surface area contributed by atoms with Gasteiger partial charge in [0.2, 0.25) is 10.0 Å². The summed E-state index contributed by atoms with van der Waals surface area (Å²) in [5.74, 6) is 0.823. The van der Waals surface area contributed by atoms with Crippen LogP contribution in [0.4, 0.5) is 5.69 Å². The summed E-state index contributed by atoms with van der Waals surface area (Å²) < 4.78 is 47.6. The van der Waals surface area contributed by atoms with Crippen molar-refractivity contribution in [3.8, 4) is 5.75 Å². The van der Waals surface area contributed by atoms with Gasteiger partial charge in [0.15, 0.2) is 0 Å². The van der Waals surface area contributed by atoms with Crippen molar-refractivity contribution < 1.29 is 27.4 Å². The van der Waals surface area contributed by atoms with Crippen molar-refractivity contribution in [1.29, 1.82) is 0 Å². The average molecular weight is 657 g/mol. The van der Waals surface area contributed by atoms with E-state index in [4.69, 9.17) is 25.8 Å². The van der Waals surface area contributed by atoms with E-state index in [1.165, 1.54) is 11.1 Å². The summed E-state index contributed by atoms with van der Waals surface area (Å²) in [6, 6.07) is 11.5. The van der Waals surface area contributed by atoms with Crippen molar-refractivity contribution in [2.24, 2.45) is 11.8 Å². The van der Waals surface area contributed by atoms with Gasteiger partial charge in [-0.15, -0.1) is 0 Å². The van der Waals surface area contributed by atoms with Gasteiger partial charge in [-0.3, -0.25) is 4.79 Å². The van der Waals surface area contributed by atoms with Gasteiger partial charge < -0.3 is 19.1 Å². The first-order chi connectivity index (χ1) is 21.6. The Morgan fingerprint density at radius 1 is 1.16 bits per heavy atom. The third-order valence-corrected chi connectivity index (χ3v) is 12.6. The van der Waals surface area contributed by atoms with Crippen molar-refractivity contribution in [3.63, 3.8) is 0 Å². The number of carbonyl (C=O) groups is 1. The van der Waals surface area contributed by atoms with Gasteiger partial charge in [-0.25, -0.2) is 13.1 Å². The summed E-state index contributed by atoms with van der Waals surface area (Å²) in [6.07, 6.45) is 10.2. The Kier molecular flexibility index (Phi) is 9.53. The monoisotopic (exact) mass is 656 g/mol. The number of methoxy groups -OCH3 is 2. The predicted octanol–water partition coefficient (Wildman–Crippen LogP) is 6.06. The zero-order valence-electron chi connectivity index (χ0n) is 26.5. The topological polar surface area (TPSA) is 94.2 Å². The number of hydrogen-bond acceptors (Lipinski definition) is 7. The second-order valence-corrected chi connectivity index (χ2v) is 15.8. The maximum Gasteiger partial charge on any atom is 0.264 e. The van der Waals surface area contributed by atoms with Gasteiger partial charge in [0.1, 0.15) is 5.75 Å². The van der Waals surface area contributed by atoms with Crippen LogP contribution in [0.25, 0.3) is 0 Å². The number of nitrogens with one attached hydrogen (secondary N) is 1. The number of allylic oxidation sites excluding steroid dienone is 1. The van der Waals surface area contributed by atoms with Gasteiger partial charge in [-0.05, 0) is 112 Å². The molecule has 0 unspecified atom stereocenters. The molecule has 10 heteroatoms. The van der Waals surface area contributed by atoms with Gasteiger partial charge in [-0.1, -0.05) is 29.8 Å². The van der Waals surface area contributed by atoms with Crippen LogP contribution < -0.4 is 14.4 Å². The number of carbonyl (C=O) groups excluding carboxylic acids is 1. The predicted molar refractivity (Wildman–Crippen MR) is 177 cm³/mol. The molecule has 2 heterocycles. The average Bonchev–Trinajstić information content (AvgIpc) is 3.15. The summed E-state index contributed by atoms with van der Waals surface area (Å²) in [4.78, 5) is 16.0. The maximum absolute atomic E-state index is 13.6. The molecule has 1 saturated carbocycles. The molecule has 4 aliphatic rings. The second-order valence-electron chi connectivity index (χ2n) is 13.4. The number of hydrogen-bond donors (Lipinski definition) is 1. The molecule has 2 aliphatic heterocycles. The number of nitrogens with zero attached hydrogens (tertiary/aromatic N) is 1. The summed E-state index contributed by atoms with van der Waals surface area (Å²) in [6.45, 7) is 3.88. The lowest BCUT2D eigenvalue weighted by Gasteiger charge is -2.46. The van der Waals surface area contributed by atoms with E-state index in [1.54, 1.807) is 20.3 Å². The molecule has 45 heavy (non-hydrogen) atoms. The molecular formula is C35H45ClN2O6S.